The number of carbonyl (C=O) groups is 1. The number of anilines is 2. The van der Waals surface area contributed by atoms with E-state index in [0.717, 1.165) is 35.6 Å². The number of fused-ring (bicyclic) bond motifs is 2. The summed E-state index contributed by atoms with van der Waals surface area (Å²) in [4.78, 5) is 15.7. The first-order valence-corrected chi connectivity index (χ1v) is 17.9. The number of halogens is 2. The van der Waals surface area contributed by atoms with Gasteiger partial charge >= 0.3 is 0 Å². The Kier molecular flexibility index (Phi) is 7.01. The molecule has 0 atom stereocenters. The van der Waals surface area contributed by atoms with Crippen LogP contribution in [0.4, 0.5) is 20.2 Å². The number of piperidine rings is 1. The molecule has 228 valence electrons. The highest BCUT2D eigenvalue weighted by Gasteiger charge is 2.54. The van der Waals surface area contributed by atoms with E-state index in [-0.39, 0.29) is 41.4 Å². The minimum absolute atomic E-state index is 0.0943. The largest absolute Gasteiger partial charge is 0.307 e. The Balaban J connectivity index is 1.34. The van der Waals surface area contributed by atoms with Crippen molar-refractivity contribution in [1.29, 1.82) is 0 Å². The third-order valence-electron chi connectivity index (χ3n) is 9.92. The number of amides is 1. The van der Waals surface area contributed by atoms with Crippen LogP contribution in [0.3, 0.4) is 0 Å². The Bertz CT molecular complexity index is 1620. The van der Waals surface area contributed by atoms with E-state index in [2.05, 4.69) is 0 Å². The maximum absolute atomic E-state index is 14.1. The first-order valence-electron chi connectivity index (χ1n) is 14.6. The molecule has 2 aromatic rings. The van der Waals surface area contributed by atoms with Gasteiger partial charge in [-0.1, -0.05) is 6.07 Å². The number of sulfonamides is 2. The number of hydrogen-bond acceptors (Lipinski definition) is 5. The average Bonchev–Trinajstić information content (AvgIpc) is 3.64. The van der Waals surface area contributed by atoms with E-state index in [1.54, 1.807) is 30.0 Å². The molecule has 0 aromatic heterocycles. The quantitative estimate of drug-likeness (QED) is 0.445. The van der Waals surface area contributed by atoms with E-state index in [9.17, 15) is 30.4 Å². The zero-order valence-corrected chi connectivity index (χ0v) is 25.6. The molecule has 2 spiro atoms. The summed E-state index contributed by atoms with van der Waals surface area (Å²) in [5, 5.41) is 0. The maximum Gasteiger partial charge on any atom is 0.258 e. The van der Waals surface area contributed by atoms with E-state index >= 15 is 0 Å². The van der Waals surface area contributed by atoms with Crippen molar-refractivity contribution in [2.45, 2.75) is 74.5 Å². The van der Waals surface area contributed by atoms with Crippen molar-refractivity contribution in [3.05, 3.63) is 53.6 Å². The predicted molar refractivity (Wildman–Crippen MR) is 157 cm³/mol. The van der Waals surface area contributed by atoms with Gasteiger partial charge in [0.25, 0.3) is 11.8 Å². The van der Waals surface area contributed by atoms with Crippen LogP contribution in [0.25, 0.3) is 0 Å². The van der Waals surface area contributed by atoms with Crippen LogP contribution in [0.15, 0.2) is 47.4 Å². The van der Waals surface area contributed by atoms with Crippen LogP contribution in [0.5, 0.6) is 0 Å². The van der Waals surface area contributed by atoms with Crippen molar-refractivity contribution >= 4 is 37.3 Å². The number of benzene rings is 2. The summed E-state index contributed by atoms with van der Waals surface area (Å²) < 4.78 is 81.4. The molecule has 1 saturated heterocycles. The second-order valence-electron chi connectivity index (χ2n) is 12.6. The molecule has 2 aliphatic heterocycles. The lowest BCUT2D eigenvalue weighted by molar-refractivity contribution is -0.0412. The van der Waals surface area contributed by atoms with E-state index in [0.29, 0.717) is 23.3 Å². The van der Waals surface area contributed by atoms with Gasteiger partial charge in [-0.3, -0.25) is 9.10 Å². The molecule has 0 N–H and O–H groups in total. The van der Waals surface area contributed by atoms with Gasteiger partial charge in [-0.05, 0) is 92.8 Å². The predicted octanol–water partition coefficient (Wildman–Crippen LogP) is 5.14. The molecular weight excluding hydrogens is 584 g/mol. The Labute approximate surface area is 246 Å². The molecule has 42 heavy (non-hydrogen) atoms. The van der Waals surface area contributed by atoms with E-state index in [1.165, 1.54) is 41.6 Å². The highest BCUT2D eigenvalue weighted by atomic mass is 32.2. The first-order chi connectivity index (χ1) is 19.7. The smallest absolute Gasteiger partial charge is 0.258 e. The SMILES string of the molecule is CCN(c1ccc2c(c1)C1(CCC3(CC3)CC1)CN2C(=O)c1cccc(S(=O)(=O)N2CCC(F)(F)CC2)c1)S(C)(=O)=O. The lowest BCUT2D eigenvalue weighted by Crippen LogP contribution is -2.42. The fraction of sp³-hybridized carbons (Fsp3) is 0.567. The summed E-state index contributed by atoms with van der Waals surface area (Å²) >= 11 is 0. The van der Waals surface area contributed by atoms with Crippen molar-refractivity contribution in [1.82, 2.24) is 4.31 Å². The molecule has 2 aromatic carbocycles. The standard InChI is InChI=1S/C30H37F2N3O5S2/c1-3-35(41(2,37)38)23-7-8-26-25(20-23)29(13-11-28(9-10-28)12-14-29)21-34(26)27(36)22-5-4-6-24(19-22)42(39,40)33-17-15-30(31,32)16-18-33/h4-8,19-20H,3,9-18,21H2,1-2H3. The van der Waals surface area contributed by atoms with Crippen LogP contribution in [-0.2, 0) is 25.5 Å². The van der Waals surface area contributed by atoms with Crippen molar-refractivity contribution in [3.8, 4) is 0 Å². The summed E-state index contributed by atoms with van der Waals surface area (Å²) in [5.41, 5.74) is 2.54. The van der Waals surface area contributed by atoms with Crippen LogP contribution >= 0.6 is 0 Å². The average molecular weight is 622 g/mol. The maximum atomic E-state index is 14.1. The van der Waals surface area contributed by atoms with Gasteiger partial charge in [0, 0.05) is 55.7 Å². The number of nitrogens with zero attached hydrogens (tertiary/aromatic N) is 3. The Morgan fingerprint density at radius 2 is 1.55 bits per heavy atom. The van der Waals surface area contributed by atoms with E-state index in [4.69, 9.17) is 0 Å². The zero-order chi connectivity index (χ0) is 30.1. The van der Waals surface area contributed by atoms with Gasteiger partial charge in [0.1, 0.15) is 0 Å². The van der Waals surface area contributed by atoms with Gasteiger partial charge in [-0.15, -0.1) is 0 Å². The Hall–Kier alpha value is -2.57. The molecule has 6 rings (SSSR count). The van der Waals surface area contributed by atoms with Crippen LogP contribution in [0.2, 0.25) is 0 Å². The van der Waals surface area contributed by atoms with E-state index in [1.807, 2.05) is 6.07 Å². The summed E-state index contributed by atoms with van der Waals surface area (Å²) in [6.45, 7) is 1.95. The lowest BCUT2D eigenvalue weighted by atomic mass is 9.66. The molecular formula is C30H37F2N3O5S2. The van der Waals surface area contributed by atoms with Gasteiger partial charge < -0.3 is 4.90 Å². The van der Waals surface area contributed by atoms with E-state index < -0.39 is 38.8 Å². The third-order valence-corrected chi connectivity index (χ3v) is 13.1. The fourth-order valence-electron chi connectivity index (χ4n) is 7.11. The Morgan fingerprint density at radius 3 is 2.14 bits per heavy atom. The highest BCUT2D eigenvalue weighted by molar-refractivity contribution is 7.92. The number of rotatable bonds is 6. The normalized spacial score (nSPS) is 22.7. The van der Waals surface area contributed by atoms with Crippen LogP contribution in [0.1, 0.15) is 74.2 Å². The molecule has 0 unspecified atom stereocenters. The third kappa shape index (κ3) is 5.13. The van der Waals surface area contributed by atoms with Gasteiger partial charge in [0.05, 0.1) is 16.8 Å². The highest BCUT2D eigenvalue weighted by Crippen LogP contribution is 2.62. The molecule has 1 amide bonds. The van der Waals surface area contributed by atoms with Crippen LogP contribution in [0, 0.1) is 5.41 Å². The molecule has 0 bridgehead atoms. The monoisotopic (exact) mass is 621 g/mol. The molecule has 12 heteroatoms. The topological polar surface area (TPSA) is 95.1 Å². The van der Waals surface area contributed by atoms with Gasteiger partial charge in [-0.2, -0.15) is 4.31 Å². The van der Waals surface area contributed by atoms with Crippen molar-refractivity contribution in [2.75, 3.05) is 41.6 Å². The molecule has 8 nitrogen and oxygen atoms in total. The Morgan fingerprint density at radius 1 is 0.905 bits per heavy atom. The summed E-state index contributed by atoms with van der Waals surface area (Å²) in [6, 6.07) is 11.3. The minimum Gasteiger partial charge on any atom is -0.307 e. The molecule has 0 radical (unpaired) electrons. The number of alkyl halides is 2. The number of carbonyl (C=O) groups excluding carboxylic acids is 1. The van der Waals surface area contributed by atoms with Crippen molar-refractivity contribution in [3.63, 3.8) is 0 Å². The summed E-state index contributed by atoms with van der Waals surface area (Å²) in [6.07, 6.45) is 6.49. The van der Waals surface area contributed by atoms with Crippen LogP contribution in [-0.4, -0.2) is 65.4 Å². The van der Waals surface area contributed by atoms with Gasteiger partial charge in [0.15, 0.2) is 0 Å². The second kappa shape index (κ2) is 9.99. The van der Waals surface area contributed by atoms with Crippen molar-refractivity contribution < 1.29 is 30.4 Å². The molecule has 2 heterocycles. The zero-order valence-electron chi connectivity index (χ0n) is 24.0. The van der Waals surface area contributed by atoms with Gasteiger partial charge in [0.2, 0.25) is 20.0 Å². The fourth-order valence-corrected chi connectivity index (χ4v) is 9.57. The number of hydrogen-bond donors (Lipinski definition) is 0. The molecule has 3 fully saturated rings. The van der Waals surface area contributed by atoms with Crippen molar-refractivity contribution in [2.24, 2.45) is 5.41 Å². The minimum atomic E-state index is -4.05. The second-order valence-corrected chi connectivity index (χ2v) is 16.4. The first kappa shape index (κ1) is 29.5. The molecule has 2 saturated carbocycles. The van der Waals surface area contributed by atoms with Crippen LogP contribution < -0.4 is 9.21 Å². The molecule has 2 aliphatic carbocycles. The summed E-state index contributed by atoms with van der Waals surface area (Å²) in [5.74, 6) is -3.22. The summed E-state index contributed by atoms with van der Waals surface area (Å²) in [7, 11) is -7.54. The van der Waals surface area contributed by atoms with Gasteiger partial charge in [-0.25, -0.2) is 25.6 Å². The lowest BCUT2D eigenvalue weighted by Gasteiger charge is -2.38. The molecule has 4 aliphatic rings.